The summed E-state index contributed by atoms with van der Waals surface area (Å²) >= 11 is 0. The summed E-state index contributed by atoms with van der Waals surface area (Å²) in [6.07, 6.45) is 1.57. The van der Waals surface area contributed by atoms with E-state index in [1.54, 1.807) is 31.7 Å². The van der Waals surface area contributed by atoms with E-state index in [0.29, 0.717) is 44.5 Å². The Bertz CT molecular complexity index is 998. The summed E-state index contributed by atoms with van der Waals surface area (Å²) < 4.78 is 16.3. The minimum atomic E-state index is -1.09. The maximum Gasteiger partial charge on any atom is 0.321 e. The Hall–Kier alpha value is -3.41. The molecule has 1 atom stereocenters. The molecule has 2 heterocycles. The number of hydrogen-bond acceptors (Lipinski definition) is 12. The van der Waals surface area contributed by atoms with Gasteiger partial charge in [0.05, 0.1) is 45.7 Å². The van der Waals surface area contributed by atoms with Gasteiger partial charge in [-0.3, -0.25) is 43.8 Å². The molecule has 1 aromatic heterocycles. The highest BCUT2D eigenvalue weighted by Gasteiger charge is 2.28. The molecule has 1 unspecified atom stereocenters. The van der Waals surface area contributed by atoms with Gasteiger partial charge in [-0.05, 0) is 19.1 Å². The molecule has 0 aromatic carbocycles. The van der Waals surface area contributed by atoms with Crippen LogP contribution in [-0.2, 0) is 35.1 Å². The second-order valence-corrected chi connectivity index (χ2v) is 10.2. The van der Waals surface area contributed by atoms with Crippen molar-refractivity contribution >= 4 is 23.9 Å². The first-order valence-corrected chi connectivity index (χ1v) is 14.6. The maximum atomic E-state index is 12.5. The van der Waals surface area contributed by atoms with Crippen LogP contribution in [0.2, 0.25) is 0 Å². The van der Waals surface area contributed by atoms with E-state index in [4.69, 9.17) is 14.2 Å². The average Bonchev–Trinajstić information content (AvgIpc) is 2.95. The zero-order valence-corrected chi connectivity index (χ0v) is 25.2. The summed E-state index contributed by atoms with van der Waals surface area (Å²) in [5.41, 5.74) is 0.512. The highest BCUT2D eigenvalue weighted by atomic mass is 16.5. The summed E-state index contributed by atoms with van der Waals surface area (Å²) in [5, 5.41) is 38.4. The maximum absolute atomic E-state index is 12.5. The molecule has 1 aliphatic heterocycles. The fraction of sp³-hybridized carbons (Fsp3) is 0.679. The molecule has 1 fully saturated rings. The van der Waals surface area contributed by atoms with Crippen LogP contribution in [0.25, 0.3) is 0 Å². The number of aliphatic carboxylic acids is 4. The van der Waals surface area contributed by atoms with Crippen molar-refractivity contribution in [3.05, 3.63) is 24.0 Å². The number of ether oxygens (including phenoxy) is 3. The van der Waals surface area contributed by atoms with Gasteiger partial charge in [0.25, 0.3) is 0 Å². The van der Waals surface area contributed by atoms with Gasteiger partial charge in [0.15, 0.2) is 0 Å². The molecule has 248 valence electrons. The molecular formula is C28H45N5O11. The van der Waals surface area contributed by atoms with Gasteiger partial charge in [-0.2, -0.15) is 0 Å². The number of pyridine rings is 1. The Kier molecular flexibility index (Phi) is 17.2. The van der Waals surface area contributed by atoms with Crippen LogP contribution in [0.4, 0.5) is 0 Å². The van der Waals surface area contributed by atoms with Crippen LogP contribution >= 0.6 is 0 Å². The van der Waals surface area contributed by atoms with Gasteiger partial charge >= 0.3 is 23.9 Å². The molecule has 44 heavy (non-hydrogen) atoms. The third-order valence-corrected chi connectivity index (χ3v) is 6.95. The standard InChI is InChI=1S/C28H45N5O11/c1-2-42-13-14-43-15-16-44-23-4-3-22(29-18-23)17-24(28(40)41)33-11-9-31(20-26(36)37)7-5-30(19-25(34)35)6-8-32(10-12-33)21-27(38)39/h3-4,18,24H,2,5-17,19-21H2,1H3,(H,34,35)(H,36,37)(H,38,39)(H,40,41). The molecule has 1 aromatic rings. The van der Waals surface area contributed by atoms with Gasteiger partial charge in [-0.15, -0.1) is 0 Å². The molecule has 1 saturated heterocycles. The van der Waals surface area contributed by atoms with Crippen molar-refractivity contribution in [2.75, 3.05) is 105 Å². The lowest BCUT2D eigenvalue weighted by atomic mass is 10.1. The number of carbonyl (C=O) groups is 4. The first-order chi connectivity index (χ1) is 21.1. The topological polar surface area (TPSA) is 203 Å². The lowest BCUT2D eigenvalue weighted by molar-refractivity contribution is -0.144. The van der Waals surface area contributed by atoms with Crippen molar-refractivity contribution in [1.82, 2.24) is 24.6 Å². The normalized spacial score (nSPS) is 17.3. The van der Waals surface area contributed by atoms with E-state index in [2.05, 4.69) is 4.98 Å². The molecule has 16 nitrogen and oxygen atoms in total. The molecule has 0 saturated carbocycles. The van der Waals surface area contributed by atoms with Crippen LogP contribution in [0.5, 0.6) is 5.75 Å². The van der Waals surface area contributed by atoms with E-state index in [9.17, 15) is 39.6 Å². The third-order valence-electron chi connectivity index (χ3n) is 6.95. The second kappa shape index (κ2) is 20.5. The lowest BCUT2D eigenvalue weighted by Crippen LogP contribution is -2.52. The van der Waals surface area contributed by atoms with Crippen LogP contribution in [0.3, 0.4) is 0 Å². The van der Waals surface area contributed by atoms with Crippen LogP contribution in [-0.4, -0.2) is 180 Å². The van der Waals surface area contributed by atoms with Gasteiger partial charge in [0.1, 0.15) is 18.4 Å². The highest BCUT2D eigenvalue weighted by Crippen LogP contribution is 2.14. The van der Waals surface area contributed by atoms with Crippen molar-refractivity contribution < 1.29 is 53.8 Å². The number of carboxylic acids is 4. The monoisotopic (exact) mass is 627 g/mol. The number of carboxylic acid groups (broad SMARTS) is 4. The molecule has 4 N–H and O–H groups in total. The quantitative estimate of drug-likeness (QED) is 0.144. The van der Waals surface area contributed by atoms with Crippen molar-refractivity contribution in [3.63, 3.8) is 0 Å². The Balaban J connectivity index is 2.13. The van der Waals surface area contributed by atoms with E-state index in [1.165, 1.54) is 6.20 Å². The lowest BCUT2D eigenvalue weighted by Gasteiger charge is -2.35. The van der Waals surface area contributed by atoms with E-state index in [1.807, 2.05) is 6.92 Å². The summed E-state index contributed by atoms with van der Waals surface area (Å²) in [7, 11) is 0. The largest absolute Gasteiger partial charge is 0.490 e. The molecule has 0 aliphatic carbocycles. The smallest absolute Gasteiger partial charge is 0.321 e. The van der Waals surface area contributed by atoms with Crippen LogP contribution in [0, 0.1) is 0 Å². The minimum Gasteiger partial charge on any atom is -0.490 e. The van der Waals surface area contributed by atoms with Gasteiger partial charge in [0.2, 0.25) is 0 Å². The predicted octanol–water partition coefficient (Wildman–Crippen LogP) is -1.02. The fourth-order valence-electron chi connectivity index (χ4n) is 4.68. The SMILES string of the molecule is CCOCCOCCOc1ccc(CC(C(=O)O)N2CCN(CC(=O)O)CCN(CC(=O)O)CCN(CC(=O)O)CC2)nc1. The first-order valence-electron chi connectivity index (χ1n) is 14.6. The number of rotatable bonds is 18. The van der Waals surface area contributed by atoms with E-state index < -0.39 is 29.9 Å². The summed E-state index contributed by atoms with van der Waals surface area (Å²) in [4.78, 5) is 57.9. The third kappa shape index (κ3) is 15.4. The summed E-state index contributed by atoms with van der Waals surface area (Å²) in [6.45, 7) is 5.12. The number of hydrogen-bond donors (Lipinski definition) is 4. The Morgan fingerprint density at radius 1 is 0.727 bits per heavy atom. The van der Waals surface area contributed by atoms with Gasteiger partial charge < -0.3 is 34.6 Å². The fourth-order valence-corrected chi connectivity index (χ4v) is 4.68. The molecule has 0 amide bonds. The predicted molar refractivity (Wildman–Crippen MR) is 156 cm³/mol. The molecule has 16 heteroatoms. The second-order valence-electron chi connectivity index (χ2n) is 10.2. The van der Waals surface area contributed by atoms with Crippen molar-refractivity contribution in [2.45, 2.75) is 19.4 Å². The van der Waals surface area contributed by atoms with E-state index in [-0.39, 0.29) is 78.4 Å². The van der Waals surface area contributed by atoms with Crippen LogP contribution in [0.15, 0.2) is 18.3 Å². The number of nitrogens with zero attached hydrogens (tertiary/aromatic N) is 5. The minimum absolute atomic E-state index is 0.0560. The zero-order valence-electron chi connectivity index (χ0n) is 25.2. The molecule has 0 bridgehead atoms. The Morgan fingerprint density at radius 2 is 1.20 bits per heavy atom. The molecular weight excluding hydrogens is 582 g/mol. The van der Waals surface area contributed by atoms with E-state index in [0.717, 1.165) is 0 Å². The van der Waals surface area contributed by atoms with Crippen LogP contribution in [0.1, 0.15) is 12.6 Å². The molecule has 0 spiro atoms. The number of aromatic nitrogens is 1. The molecule has 0 radical (unpaired) electrons. The molecule has 1 aliphatic rings. The summed E-state index contributed by atoms with van der Waals surface area (Å²) in [5.74, 6) is -3.74. The highest BCUT2D eigenvalue weighted by molar-refractivity contribution is 5.74. The first kappa shape index (κ1) is 36.8. The zero-order chi connectivity index (χ0) is 32.3. The van der Waals surface area contributed by atoms with Crippen molar-refractivity contribution in [1.29, 1.82) is 0 Å². The van der Waals surface area contributed by atoms with Crippen molar-refractivity contribution in [3.8, 4) is 5.75 Å². The van der Waals surface area contributed by atoms with E-state index >= 15 is 0 Å². The van der Waals surface area contributed by atoms with Crippen LogP contribution < -0.4 is 4.74 Å². The van der Waals surface area contributed by atoms with Gasteiger partial charge in [-0.25, -0.2) is 0 Å². The Morgan fingerprint density at radius 3 is 1.64 bits per heavy atom. The Labute approximate surface area is 256 Å². The van der Waals surface area contributed by atoms with Gasteiger partial charge in [-0.1, -0.05) is 0 Å². The molecule has 2 rings (SSSR count). The summed E-state index contributed by atoms with van der Waals surface area (Å²) in [6, 6.07) is 2.37. The van der Waals surface area contributed by atoms with Crippen molar-refractivity contribution in [2.24, 2.45) is 0 Å². The van der Waals surface area contributed by atoms with Gasteiger partial charge in [0, 0.05) is 71.1 Å². The average molecular weight is 628 g/mol.